The normalized spacial score (nSPS) is 11.4. The third-order valence-corrected chi connectivity index (χ3v) is 4.13. The molecular weight excluding hydrogens is 324 g/mol. The van der Waals surface area contributed by atoms with Gasteiger partial charge in [-0.3, -0.25) is 4.79 Å². The van der Waals surface area contributed by atoms with Crippen LogP contribution in [0.5, 0.6) is 5.75 Å². The average Bonchev–Trinajstić information content (AvgIpc) is 2.59. The molecule has 3 aromatic carbocycles. The number of hydrogen-bond donors (Lipinski definition) is 0. The van der Waals surface area contributed by atoms with E-state index < -0.39 is 5.60 Å². The van der Waals surface area contributed by atoms with Crippen molar-refractivity contribution in [2.24, 2.45) is 0 Å². The van der Waals surface area contributed by atoms with Crippen molar-refractivity contribution < 1.29 is 14.3 Å². The zero-order chi connectivity index (χ0) is 18.7. The lowest BCUT2D eigenvalue weighted by Gasteiger charge is -2.20. The van der Waals surface area contributed by atoms with Crippen molar-refractivity contribution in [2.75, 3.05) is 7.11 Å². The summed E-state index contributed by atoms with van der Waals surface area (Å²) < 4.78 is 10.8. The third kappa shape index (κ3) is 4.23. The van der Waals surface area contributed by atoms with Gasteiger partial charge in [0.15, 0.2) is 0 Å². The quantitative estimate of drug-likeness (QED) is 0.592. The average molecular weight is 348 g/mol. The van der Waals surface area contributed by atoms with Gasteiger partial charge in [0.25, 0.3) is 0 Å². The number of esters is 1. The standard InChI is InChI=1S/C23H24O3/c1-23(2,3)26-22(24)15-17-7-5-6-8-21(17)18-10-9-16-11-12-20(25-4)14-19(16)13-18/h5-14H,15H2,1-4H3. The summed E-state index contributed by atoms with van der Waals surface area (Å²) in [4.78, 5) is 12.3. The topological polar surface area (TPSA) is 35.5 Å². The van der Waals surface area contributed by atoms with Crippen molar-refractivity contribution in [1.82, 2.24) is 0 Å². The van der Waals surface area contributed by atoms with E-state index in [-0.39, 0.29) is 12.4 Å². The Morgan fingerprint density at radius 1 is 0.923 bits per heavy atom. The lowest BCUT2D eigenvalue weighted by atomic mass is 9.95. The van der Waals surface area contributed by atoms with E-state index in [4.69, 9.17) is 9.47 Å². The van der Waals surface area contributed by atoms with Gasteiger partial charge in [-0.05, 0) is 66.4 Å². The minimum absolute atomic E-state index is 0.215. The molecule has 0 radical (unpaired) electrons. The molecule has 0 amide bonds. The Morgan fingerprint density at radius 2 is 1.65 bits per heavy atom. The van der Waals surface area contributed by atoms with Crippen molar-refractivity contribution in [1.29, 1.82) is 0 Å². The molecule has 3 aromatic rings. The molecule has 0 N–H and O–H groups in total. The summed E-state index contributed by atoms with van der Waals surface area (Å²) in [6, 6.07) is 20.3. The summed E-state index contributed by atoms with van der Waals surface area (Å²) in [5, 5.41) is 2.26. The predicted octanol–water partition coefficient (Wildman–Crippen LogP) is 5.40. The van der Waals surface area contributed by atoms with E-state index in [1.165, 1.54) is 0 Å². The van der Waals surface area contributed by atoms with Crippen LogP contribution < -0.4 is 4.74 Å². The smallest absolute Gasteiger partial charge is 0.310 e. The van der Waals surface area contributed by atoms with Crippen LogP contribution in [0.15, 0.2) is 60.7 Å². The molecule has 26 heavy (non-hydrogen) atoms. The highest BCUT2D eigenvalue weighted by Gasteiger charge is 2.18. The number of rotatable bonds is 4. The molecule has 3 rings (SSSR count). The van der Waals surface area contributed by atoms with Gasteiger partial charge in [-0.1, -0.05) is 42.5 Å². The first-order valence-electron chi connectivity index (χ1n) is 8.74. The molecule has 3 heteroatoms. The fourth-order valence-corrected chi connectivity index (χ4v) is 3.01. The molecule has 0 bridgehead atoms. The number of ether oxygens (including phenoxy) is 2. The molecule has 0 aliphatic carbocycles. The van der Waals surface area contributed by atoms with E-state index in [9.17, 15) is 4.79 Å². The van der Waals surface area contributed by atoms with E-state index in [1.54, 1.807) is 7.11 Å². The van der Waals surface area contributed by atoms with Crippen LogP contribution in [0, 0.1) is 0 Å². The molecule has 0 aliphatic rings. The van der Waals surface area contributed by atoms with Gasteiger partial charge >= 0.3 is 5.97 Å². The maximum atomic E-state index is 12.3. The lowest BCUT2D eigenvalue weighted by molar-refractivity contribution is -0.153. The SMILES string of the molecule is COc1ccc2ccc(-c3ccccc3CC(=O)OC(C)(C)C)cc2c1. The van der Waals surface area contributed by atoms with Crippen molar-refractivity contribution in [2.45, 2.75) is 32.8 Å². The van der Waals surface area contributed by atoms with Crippen LogP contribution in [-0.2, 0) is 16.0 Å². The molecule has 3 nitrogen and oxygen atoms in total. The van der Waals surface area contributed by atoms with Crippen LogP contribution in [0.3, 0.4) is 0 Å². The van der Waals surface area contributed by atoms with E-state index in [0.29, 0.717) is 0 Å². The maximum Gasteiger partial charge on any atom is 0.310 e. The molecule has 0 saturated carbocycles. The van der Waals surface area contributed by atoms with Gasteiger partial charge in [-0.25, -0.2) is 0 Å². The van der Waals surface area contributed by atoms with Gasteiger partial charge < -0.3 is 9.47 Å². The van der Waals surface area contributed by atoms with Crippen molar-refractivity contribution >= 4 is 16.7 Å². The maximum absolute atomic E-state index is 12.3. The van der Waals surface area contributed by atoms with Crippen LogP contribution in [-0.4, -0.2) is 18.7 Å². The second-order valence-electron chi connectivity index (χ2n) is 7.35. The van der Waals surface area contributed by atoms with Crippen LogP contribution in [0.2, 0.25) is 0 Å². The molecule has 0 aliphatic heterocycles. The van der Waals surface area contributed by atoms with Crippen LogP contribution in [0.25, 0.3) is 21.9 Å². The van der Waals surface area contributed by atoms with Crippen LogP contribution in [0.4, 0.5) is 0 Å². The molecule has 0 saturated heterocycles. The van der Waals surface area contributed by atoms with E-state index >= 15 is 0 Å². The molecule has 0 spiro atoms. The fourth-order valence-electron chi connectivity index (χ4n) is 3.01. The molecule has 0 atom stereocenters. The third-order valence-electron chi connectivity index (χ3n) is 4.13. The number of carbonyl (C=O) groups excluding carboxylic acids is 1. The summed E-state index contributed by atoms with van der Waals surface area (Å²) in [6.07, 6.45) is 0.254. The van der Waals surface area contributed by atoms with E-state index in [1.807, 2.05) is 63.2 Å². The molecule has 0 unspecified atom stereocenters. The number of fused-ring (bicyclic) bond motifs is 1. The Labute approximate surface area is 154 Å². The van der Waals surface area contributed by atoms with Gasteiger partial charge in [-0.2, -0.15) is 0 Å². The first kappa shape index (κ1) is 18.0. The van der Waals surface area contributed by atoms with E-state index in [0.717, 1.165) is 33.2 Å². The van der Waals surface area contributed by atoms with Gasteiger partial charge in [0, 0.05) is 0 Å². The fraction of sp³-hybridized carbons (Fsp3) is 0.261. The highest BCUT2D eigenvalue weighted by atomic mass is 16.6. The van der Waals surface area contributed by atoms with Crippen LogP contribution in [0.1, 0.15) is 26.3 Å². The molecule has 0 heterocycles. The molecule has 0 aromatic heterocycles. The monoisotopic (exact) mass is 348 g/mol. The first-order valence-corrected chi connectivity index (χ1v) is 8.74. The number of hydrogen-bond acceptors (Lipinski definition) is 3. The minimum atomic E-state index is -0.481. The molecular formula is C23H24O3. The summed E-state index contributed by atoms with van der Waals surface area (Å²) in [6.45, 7) is 5.65. The van der Waals surface area contributed by atoms with Crippen molar-refractivity contribution in [3.8, 4) is 16.9 Å². The first-order chi connectivity index (χ1) is 12.4. The second kappa shape index (κ2) is 7.20. The van der Waals surface area contributed by atoms with Crippen molar-refractivity contribution in [3.05, 3.63) is 66.2 Å². The predicted molar refractivity (Wildman–Crippen MR) is 105 cm³/mol. The van der Waals surface area contributed by atoms with Gasteiger partial charge in [0.1, 0.15) is 11.4 Å². The Balaban J connectivity index is 1.96. The minimum Gasteiger partial charge on any atom is -0.497 e. The summed E-state index contributed by atoms with van der Waals surface area (Å²) in [5.41, 5.74) is 2.60. The Bertz CT molecular complexity index is 936. The zero-order valence-corrected chi connectivity index (χ0v) is 15.7. The van der Waals surface area contributed by atoms with Gasteiger partial charge in [0.2, 0.25) is 0 Å². The van der Waals surface area contributed by atoms with E-state index in [2.05, 4.69) is 18.2 Å². The Hall–Kier alpha value is -2.81. The van der Waals surface area contributed by atoms with Crippen LogP contribution >= 0.6 is 0 Å². The second-order valence-corrected chi connectivity index (χ2v) is 7.35. The summed E-state index contributed by atoms with van der Waals surface area (Å²) >= 11 is 0. The highest BCUT2D eigenvalue weighted by molar-refractivity contribution is 5.89. The number of carbonyl (C=O) groups is 1. The lowest BCUT2D eigenvalue weighted by Crippen LogP contribution is -2.25. The Kier molecular flexibility index (Phi) is 4.99. The number of methoxy groups -OCH3 is 1. The summed E-state index contributed by atoms with van der Waals surface area (Å²) in [5.74, 6) is 0.615. The Morgan fingerprint density at radius 3 is 2.38 bits per heavy atom. The van der Waals surface area contributed by atoms with Crippen molar-refractivity contribution in [3.63, 3.8) is 0 Å². The largest absolute Gasteiger partial charge is 0.497 e. The molecule has 134 valence electrons. The zero-order valence-electron chi connectivity index (χ0n) is 15.7. The summed E-state index contributed by atoms with van der Waals surface area (Å²) in [7, 11) is 1.67. The van der Waals surface area contributed by atoms with Gasteiger partial charge in [-0.15, -0.1) is 0 Å². The van der Waals surface area contributed by atoms with Gasteiger partial charge in [0.05, 0.1) is 13.5 Å². The number of benzene rings is 3. The highest BCUT2D eigenvalue weighted by Crippen LogP contribution is 2.29. The molecule has 0 fully saturated rings.